The van der Waals surface area contributed by atoms with E-state index in [1.807, 2.05) is 32.0 Å². The molecule has 1 aromatic heterocycles. The smallest absolute Gasteiger partial charge is 0.130 e. The molecule has 2 aromatic rings. The molecule has 0 spiro atoms. The van der Waals surface area contributed by atoms with E-state index in [2.05, 4.69) is 34.3 Å². The van der Waals surface area contributed by atoms with E-state index in [0.29, 0.717) is 6.61 Å². The van der Waals surface area contributed by atoms with Gasteiger partial charge >= 0.3 is 0 Å². The molecule has 0 aliphatic carbocycles. The second-order valence-corrected chi connectivity index (χ2v) is 4.42. The molecule has 1 unspecified atom stereocenters. The van der Waals surface area contributed by atoms with Crippen molar-refractivity contribution >= 4 is 5.82 Å². The summed E-state index contributed by atoms with van der Waals surface area (Å²) in [6.45, 7) is 6.71. The lowest BCUT2D eigenvalue weighted by atomic mass is 10.1. The maximum absolute atomic E-state index is 5.51. The zero-order valence-corrected chi connectivity index (χ0v) is 11.6. The van der Waals surface area contributed by atoms with Crippen LogP contribution in [0.15, 0.2) is 36.7 Å². The molecule has 1 N–H and O–H groups in total. The molecule has 4 heteroatoms. The van der Waals surface area contributed by atoms with E-state index in [-0.39, 0.29) is 6.04 Å². The van der Waals surface area contributed by atoms with Gasteiger partial charge in [-0.05, 0) is 38.5 Å². The maximum Gasteiger partial charge on any atom is 0.130 e. The average molecular weight is 257 g/mol. The minimum Gasteiger partial charge on any atom is -0.494 e. The molecule has 0 saturated carbocycles. The van der Waals surface area contributed by atoms with Gasteiger partial charge in [0.05, 0.1) is 12.6 Å². The monoisotopic (exact) mass is 257 g/mol. The van der Waals surface area contributed by atoms with Crippen molar-refractivity contribution in [3.63, 3.8) is 0 Å². The van der Waals surface area contributed by atoms with Crippen molar-refractivity contribution in [1.82, 2.24) is 9.97 Å². The molecule has 100 valence electrons. The van der Waals surface area contributed by atoms with Crippen molar-refractivity contribution in [2.45, 2.75) is 26.8 Å². The van der Waals surface area contributed by atoms with Crippen LogP contribution < -0.4 is 10.1 Å². The Labute approximate surface area is 113 Å². The Morgan fingerprint density at radius 1 is 1.26 bits per heavy atom. The Bertz CT molecular complexity index is 542. The first kappa shape index (κ1) is 13.3. The lowest BCUT2D eigenvalue weighted by molar-refractivity contribution is 0.340. The third-order valence-electron chi connectivity index (χ3n) is 2.84. The van der Waals surface area contributed by atoms with Crippen molar-refractivity contribution < 1.29 is 4.74 Å². The molecular weight excluding hydrogens is 238 g/mol. The summed E-state index contributed by atoms with van der Waals surface area (Å²) in [5, 5.41) is 3.36. The summed E-state index contributed by atoms with van der Waals surface area (Å²) in [6, 6.07) is 10.2. The number of benzene rings is 1. The molecule has 1 atom stereocenters. The van der Waals surface area contributed by atoms with Crippen LogP contribution in [0, 0.1) is 6.92 Å². The Kier molecular flexibility index (Phi) is 4.34. The topological polar surface area (TPSA) is 47.0 Å². The number of aromatic nitrogens is 2. The first-order chi connectivity index (χ1) is 9.19. The molecule has 0 fully saturated rings. The minimum atomic E-state index is 0.162. The van der Waals surface area contributed by atoms with Crippen LogP contribution in [0.2, 0.25) is 0 Å². The van der Waals surface area contributed by atoms with Crippen molar-refractivity contribution in [1.29, 1.82) is 0 Å². The molecule has 4 nitrogen and oxygen atoms in total. The molecule has 0 bridgehead atoms. The summed E-state index contributed by atoms with van der Waals surface area (Å²) >= 11 is 0. The van der Waals surface area contributed by atoms with Gasteiger partial charge in [-0.3, -0.25) is 0 Å². The van der Waals surface area contributed by atoms with Crippen LogP contribution >= 0.6 is 0 Å². The highest BCUT2D eigenvalue weighted by Gasteiger charge is 2.07. The number of nitrogens with zero attached hydrogens (tertiary/aromatic N) is 2. The summed E-state index contributed by atoms with van der Waals surface area (Å²) in [5.41, 5.74) is 2.12. The van der Waals surface area contributed by atoms with Gasteiger partial charge in [0.1, 0.15) is 17.9 Å². The Morgan fingerprint density at radius 3 is 2.84 bits per heavy atom. The first-order valence-corrected chi connectivity index (χ1v) is 6.47. The number of nitrogens with one attached hydrogen (secondary N) is 1. The fraction of sp³-hybridized carbons (Fsp3) is 0.333. The largest absolute Gasteiger partial charge is 0.494 e. The van der Waals surface area contributed by atoms with E-state index < -0.39 is 0 Å². The second kappa shape index (κ2) is 6.18. The number of anilines is 1. The van der Waals surface area contributed by atoms with Crippen LogP contribution in [0.1, 0.15) is 31.1 Å². The van der Waals surface area contributed by atoms with E-state index in [0.717, 1.165) is 17.3 Å². The van der Waals surface area contributed by atoms with Gasteiger partial charge in [-0.25, -0.2) is 9.97 Å². The normalized spacial score (nSPS) is 11.9. The van der Waals surface area contributed by atoms with Crippen LogP contribution in [0.3, 0.4) is 0 Å². The van der Waals surface area contributed by atoms with Gasteiger partial charge in [-0.1, -0.05) is 12.1 Å². The Morgan fingerprint density at radius 2 is 2.11 bits per heavy atom. The highest BCUT2D eigenvalue weighted by molar-refractivity contribution is 5.40. The van der Waals surface area contributed by atoms with E-state index in [9.17, 15) is 0 Å². The fourth-order valence-corrected chi connectivity index (χ4v) is 1.88. The molecule has 1 aromatic carbocycles. The lowest BCUT2D eigenvalue weighted by Gasteiger charge is -2.16. The predicted octanol–water partition coefficient (Wildman–Crippen LogP) is 3.36. The van der Waals surface area contributed by atoms with E-state index in [4.69, 9.17) is 4.74 Å². The predicted molar refractivity (Wildman–Crippen MR) is 76.4 cm³/mol. The van der Waals surface area contributed by atoms with Gasteiger partial charge in [0, 0.05) is 11.8 Å². The molecule has 2 rings (SSSR count). The molecule has 1 heterocycles. The zero-order valence-electron chi connectivity index (χ0n) is 11.6. The average Bonchev–Trinajstić information content (AvgIpc) is 2.39. The second-order valence-electron chi connectivity index (χ2n) is 4.42. The summed E-state index contributed by atoms with van der Waals surface area (Å²) in [6.07, 6.45) is 1.57. The molecule has 0 radical (unpaired) electrons. The Hall–Kier alpha value is -2.10. The van der Waals surface area contributed by atoms with E-state index >= 15 is 0 Å². The fourth-order valence-electron chi connectivity index (χ4n) is 1.88. The summed E-state index contributed by atoms with van der Waals surface area (Å²) < 4.78 is 5.51. The zero-order chi connectivity index (χ0) is 13.7. The molecule has 0 saturated heterocycles. The SMILES string of the molecule is CCOc1cccc(C(C)Nc2cc(C)ncn2)c1. The molecule has 0 amide bonds. The Balaban J connectivity index is 2.11. The van der Waals surface area contributed by atoms with Crippen molar-refractivity contribution in [2.75, 3.05) is 11.9 Å². The summed E-state index contributed by atoms with van der Waals surface area (Å²) in [4.78, 5) is 8.30. The van der Waals surface area contributed by atoms with Gasteiger partial charge in [-0.15, -0.1) is 0 Å². The molecule has 0 aliphatic rings. The highest BCUT2D eigenvalue weighted by Crippen LogP contribution is 2.22. The van der Waals surface area contributed by atoms with Gasteiger partial charge in [0.2, 0.25) is 0 Å². The van der Waals surface area contributed by atoms with Crippen LogP contribution in [-0.2, 0) is 0 Å². The molecule has 0 aliphatic heterocycles. The number of hydrogen-bond acceptors (Lipinski definition) is 4. The van der Waals surface area contributed by atoms with Gasteiger partial charge in [-0.2, -0.15) is 0 Å². The van der Waals surface area contributed by atoms with Gasteiger partial charge in [0.25, 0.3) is 0 Å². The number of ether oxygens (including phenoxy) is 1. The van der Waals surface area contributed by atoms with Crippen LogP contribution in [0.4, 0.5) is 5.82 Å². The van der Waals surface area contributed by atoms with Gasteiger partial charge in [0.15, 0.2) is 0 Å². The van der Waals surface area contributed by atoms with Crippen LogP contribution in [0.25, 0.3) is 0 Å². The highest BCUT2D eigenvalue weighted by atomic mass is 16.5. The first-order valence-electron chi connectivity index (χ1n) is 6.47. The van der Waals surface area contributed by atoms with Crippen LogP contribution in [-0.4, -0.2) is 16.6 Å². The summed E-state index contributed by atoms with van der Waals surface area (Å²) in [5.74, 6) is 1.73. The number of hydrogen-bond donors (Lipinski definition) is 1. The summed E-state index contributed by atoms with van der Waals surface area (Å²) in [7, 11) is 0. The van der Waals surface area contributed by atoms with Crippen molar-refractivity contribution in [2.24, 2.45) is 0 Å². The maximum atomic E-state index is 5.51. The van der Waals surface area contributed by atoms with Crippen LogP contribution in [0.5, 0.6) is 5.75 Å². The van der Waals surface area contributed by atoms with Crippen molar-refractivity contribution in [3.05, 3.63) is 47.9 Å². The third-order valence-corrected chi connectivity index (χ3v) is 2.84. The van der Waals surface area contributed by atoms with Gasteiger partial charge < -0.3 is 10.1 Å². The lowest BCUT2D eigenvalue weighted by Crippen LogP contribution is -2.08. The number of rotatable bonds is 5. The van der Waals surface area contributed by atoms with E-state index in [1.165, 1.54) is 5.56 Å². The quantitative estimate of drug-likeness (QED) is 0.892. The van der Waals surface area contributed by atoms with Crippen molar-refractivity contribution in [3.8, 4) is 5.75 Å². The third kappa shape index (κ3) is 3.68. The van der Waals surface area contributed by atoms with E-state index in [1.54, 1.807) is 6.33 Å². The molecular formula is C15H19N3O. The minimum absolute atomic E-state index is 0.162. The number of aryl methyl sites for hydroxylation is 1. The molecule has 19 heavy (non-hydrogen) atoms. The standard InChI is InChI=1S/C15H19N3O/c1-4-19-14-7-5-6-13(9-14)12(3)18-15-8-11(2)16-10-17-15/h5-10,12H,4H2,1-3H3,(H,16,17,18).